The SMILES string of the molecule is CCCOc1ccc2cc(CCC3CCC(CC)CC3)c(F)c(F)c2c1F. The van der Waals surface area contributed by atoms with Crippen LogP contribution >= 0.6 is 0 Å². The molecule has 2 aromatic carbocycles. The zero-order valence-electron chi connectivity index (χ0n) is 16.3. The Hall–Kier alpha value is -1.71. The van der Waals surface area contributed by atoms with Crippen LogP contribution in [0.5, 0.6) is 5.75 Å². The van der Waals surface area contributed by atoms with Crippen LogP contribution in [0.1, 0.15) is 64.4 Å². The summed E-state index contributed by atoms with van der Waals surface area (Å²) >= 11 is 0. The van der Waals surface area contributed by atoms with Gasteiger partial charge in [0.2, 0.25) is 0 Å². The van der Waals surface area contributed by atoms with Gasteiger partial charge in [-0.3, -0.25) is 0 Å². The van der Waals surface area contributed by atoms with Crippen molar-refractivity contribution in [2.75, 3.05) is 6.61 Å². The lowest BCUT2D eigenvalue weighted by molar-refractivity contribution is 0.258. The second-order valence-corrected chi connectivity index (χ2v) is 7.82. The van der Waals surface area contributed by atoms with Crippen molar-refractivity contribution in [1.82, 2.24) is 0 Å². The van der Waals surface area contributed by atoms with Gasteiger partial charge in [-0.25, -0.2) is 13.2 Å². The molecule has 0 aliphatic heterocycles. The first-order valence-corrected chi connectivity index (χ1v) is 10.3. The van der Waals surface area contributed by atoms with E-state index in [9.17, 15) is 13.2 Å². The molecule has 0 bridgehead atoms. The van der Waals surface area contributed by atoms with E-state index < -0.39 is 17.5 Å². The third kappa shape index (κ3) is 4.41. The van der Waals surface area contributed by atoms with Crippen LogP contribution < -0.4 is 4.74 Å². The van der Waals surface area contributed by atoms with Gasteiger partial charge in [-0.1, -0.05) is 52.0 Å². The molecule has 0 aromatic heterocycles. The molecular formula is C23H29F3O. The lowest BCUT2D eigenvalue weighted by Gasteiger charge is -2.27. The van der Waals surface area contributed by atoms with Gasteiger partial charge in [0, 0.05) is 0 Å². The van der Waals surface area contributed by atoms with Crippen molar-refractivity contribution >= 4 is 10.8 Å². The van der Waals surface area contributed by atoms with E-state index in [2.05, 4.69) is 6.92 Å². The molecule has 1 aliphatic rings. The molecular weight excluding hydrogens is 349 g/mol. The van der Waals surface area contributed by atoms with Crippen LogP contribution in [0.4, 0.5) is 13.2 Å². The van der Waals surface area contributed by atoms with Gasteiger partial charge in [-0.15, -0.1) is 0 Å². The fourth-order valence-corrected chi connectivity index (χ4v) is 4.21. The van der Waals surface area contributed by atoms with E-state index in [0.29, 0.717) is 36.3 Å². The summed E-state index contributed by atoms with van der Waals surface area (Å²) in [5.41, 5.74) is 0.347. The zero-order valence-corrected chi connectivity index (χ0v) is 16.3. The van der Waals surface area contributed by atoms with Gasteiger partial charge in [0.05, 0.1) is 12.0 Å². The second-order valence-electron chi connectivity index (χ2n) is 7.82. The van der Waals surface area contributed by atoms with Crippen LogP contribution in [0.15, 0.2) is 18.2 Å². The smallest absolute Gasteiger partial charge is 0.175 e. The van der Waals surface area contributed by atoms with E-state index >= 15 is 0 Å². The maximum absolute atomic E-state index is 14.6. The van der Waals surface area contributed by atoms with Crippen LogP contribution in [0.25, 0.3) is 10.8 Å². The van der Waals surface area contributed by atoms with Crippen LogP contribution in [-0.2, 0) is 6.42 Å². The van der Waals surface area contributed by atoms with Gasteiger partial charge in [0.1, 0.15) is 0 Å². The molecule has 0 N–H and O–H groups in total. The van der Waals surface area contributed by atoms with Crippen LogP contribution in [0, 0.1) is 29.3 Å². The maximum atomic E-state index is 14.6. The molecule has 1 saturated carbocycles. The summed E-state index contributed by atoms with van der Waals surface area (Å²) in [6.07, 6.45) is 8.11. The van der Waals surface area contributed by atoms with E-state index in [4.69, 9.17) is 4.74 Å². The molecule has 0 saturated heterocycles. The summed E-state index contributed by atoms with van der Waals surface area (Å²) in [7, 11) is 0. The third-order valence-electron chi connectivity index (χ3n) is 5.99. The molecule has 0 heterocycles. The fraction of sp³-hybridized carbons (Fsp3) is 0.565. The van der Waals surface area contributed by atoms with E-state index in [0.717, 1.165) is 12.3 Å². The van der Waals surface area contributed by atoms with Gasteiger partial charge in [-0.2, -0.15) is 0 Å². The maximum Gasteiger partial charge on any atom is 0.175 e. The van der Waals surface area contributed by atoms with Gasteiger partial charge < -0.3 is 4.74 Å². The van der Waals surface area contributed by atoms with Gasteiger partial charge in [0.25, 0.3) is 0 Å². The Balaban J connectivity index is 1.78. The van der Waals surface area contributed by atoms with Crippen molar-refractivity contribution in [3.8, 4) is 5.75 Å². The molecule has 2 aromatic rings. The van der Waals surface area contributed by atoms with Crippen LogP contribution in [-0.4, -0.2) is 6.61 Å². The number of benzene rings is 2. The highest BCUT2D eigenvalue weighted by atomic mass is 19.2. The summed E-state index contributed by atoms with van der Waals surface area (Å²) < 4.78 is 49.1. The summed E-state index contributed by atoms with van der Waals surface area (Å²) in [5.74, 6) is -1.46. The topological polar surface area (TPSA) is 9.23 Å². The summed E-state index contributed by atoms with van der Waals surface area (Å²) in [6, 6.07) is 4.71. The fourth-order valence-electron chi connectivity index (χ4n) is 4.21. The first-order chi connectivity index (χ1) is 13.0. The molecule has 4 heteroatoms. The number of fused-ring (bicyclic) bond motifs is 1. The van der Waals surface area contributed by atoms with Crippen molar-refractivity contribution in [3.63, 3.8) is 0 Å². The van der Waals surface area contributed by atoms with E-state index in [-0.39, 0.29) is 11.1 Å². The summed E-state index contributed by atoms with van der Waals surface area (Å²) in [4.78, 5) is 0. The Morgan fingerprint density at radius 1 is 0.926 bits per heavy atom. The summed E-state index contributed by atoms with van der Waals surface area (Å²) in [6.45, 7) is 4.47. The van der Waals surface area contributed by atoms with Gasteiger partial charge >= 0.3 is 0 Å². The van der Waals surface area contributed by atoms with E-state index in [1.54, 1.807) is 12.1 Å². The predicted molar refractivity (Wildman–Crippen MR) is 104 cm³/mol. The molecule has 1 fully saturated rings. The second kappa shape index (κ2) is 8.99. The van der Waals surface area contributed by atoms with E-state index in [1.165, 1.54) is 38.2 Å². The highest BCUT2D eigenvalue weighted by Gasteiger charge is 2.22. The average molecular weight is 378 g/mol. The van der Waals surface area contributed by atoms with Gasteiger partial charge in [0.15, 0.2) is 23.2 Å². The number of rotatable bonds is 7. The van der Waals surface area contributed by atoms with Crippen molar-refractivity contribution < 1.29 is 17.9 Å². The third-order valence-corrected chi connectivity index (χ3v) is 5.99. The zero-order chi connectivity index (χ0) is 19.4. The standard InChI is InChI=1S/C23H29F3O/c1-3-13-27-19-12-11-17-14-18(21(24)23(26)20(17)22(19)25)10-9-16-7-5-15(4-2)6-8-16/h11-12,14-16H,3-10,13H2,1-2H3. The molecule has 0 spiro atoms. The minimum atomic E-state index is -1.10. The quantitative estimate of drug-likeness (QED) is 0.495. The average Bonchev–Trinajstić information content (AvgIpc) is 2.69. The molecule has 0 atom stereocenters. The normalized spacial score (nSPS) is 20.2. The predicted octanol–water partition coefficient (Wildman–Crippen LogP) is 7.19. The molecule has 0 unspecified atom stereocenters. The van der Waals surface area contributed by atoms with Crippen molar-refractivity contribution in [1.29, 1.82) is 0 Å². The monoisotopic (exact) mass is 378 g/mol. The Labute approximate surface area is 159 Å². The molecule has 27 heavy (non-hydrogen) atoms. The highest BCUT2D eigenvalue weighted by Crippen LogP contribution is 2.35. The number of halogens is 3. The summed E-state index contributed by atoms with van der Waals surface area (Å²) in [5, 5.41) is 0.0771. The minimum Gasteiger partial charge on any atom is -0.491 e. The Morgan fingerprint density at radius 2 is 1.63 bits per heavy atom. The number of ether oxygens (including phenoxy) is 1. The first kappa shape index (κ1) is 20.0. The molecule has 0 radical (unpaired) electrons. The van der Waals surface area contributed by atoms with Crippen LogP contribution in [0.3, 0.4) is 0 Å². The molecule has 3 rings (SSSR count). The molecule has 0 amide bonds. The first-order valence-electron chi connectivity index (χ1n) is 10.3. The number of hydrogen-bond donors (Lipinski definition) is 0. The van der Waals surface area contributed by atoms with Crippen molar-refractivity contribution in [3.05, 3.63) is 41.2 Å². The molecule has 148 valence electrons. The molecule has 1 aliphatic carbocycles. The largest absolute Gasteiger partial charge is 0.491 e. The van der Waals surface area contributed by atoms with Gasteiger partial charge in [-0.05, 0) is 54.2 Å². The van der Waals surface area contributed by atoms with Crippen molar-refractivity contribution in [2.45, 2.75) is 65.2 Å². The Bertz CT molecular complexity index is 779. The highest BCUT2D eigenvalue weighted by molar-refractivity contribution is 5.86. The van der Waals surface area contributed by atoms with Crippen LogP contribution in [0.2, 0.25) is 0 Å². The molecule has 1 nitrogen and oxygen atoms in total. The Morgan fingerprint density at radius 3 is 2.30 bits per heavy atom. The number of aryl methyl sites for hydroxylation is 1. The Kier molecular flexibility index (Phi) is 6.67. The minimum absolute atomic E-state index is 0.0249. The number of hydrogen-bond acceptors (Lipinski definition) is 1. The lowest BCUT2D eigenvalue weighted by atomic mass is 9.78. The van der Waals surface area contributed by atoms with Crippen molar-refractivity contribution in [2.24, 2.45) is 11.8 Å². The van der Waals surface area contributed by atoms with E-state index in [1.807, 2.05) is 6.92 Å². The lowest BCUT2D eigenvalue weighted by Crippen LogP contribution is -2.14.